The van der Waals surface area contributed by atoms with Gasteiger partial charge in [-0.05, 0) is 43.2 Å². The molecule has 0 saturated carbocycles. The first kappa shape index (κ1) is 20.4. The normalized spacial score (nSPS) is 15.4. The van der Waals surface area contributed by atoms with Gasteiger partial charge in [-0.25, -0.2) is 9.97 Å². The Morgan fingerprint density at radius 1 is 1.03 bits per heavy atom. The molecule has 30 heavy (non-hydrogen) atoms. The van der Waals surface area contributed by atoms with Crippen molar-refractivity contribution in [3.63, 3.8) is 0 Å². The number of para-hydroxylation sites is 2. The molecular formula is C21H18ClF3N4O. The van der Waals surface area contributed by atoms with Gasteiger partial charge in [-0.3, -0.25) is 4.79 Å². The third-order valence-corrected chi connectivity index (χ3v) is 5.31. The van der Waals surface area contributed by atoms with E-state index in [1.807, 2.05) is 0 Å². The van der Waals surface area contributed by atoms with Gasteiger partial charge in [0.15, 0.2) is 11.5 Å². The van der Waals surface area contributed by atoms with Crippen molar-refractivity contribution in [1.29, 1.82) is 0 Å². The molecule has 9 heteroatoms. The number of amides is 1. The van der Waals surface area contributed by atoms with Crippen molar-refractivity contribution in [3.05, 3.63) is 59.2 Å². The molecule has 0 aliphatic carbocycles. The number of piperidine rings is 1. The van der Waals surface area contributed by atoms with Gasteiger partial charge in [0.25, 0.3) is 0 Å². The summed E-state index contributed by atoms with van der Waals surface area (Å²) in [5.74, 6) is -0.657. The van der Waals surface area contributed by atoms with Crippen molar-refractivity contribution in [2.24, 2.45) is 5.92 Å². The van der Waals surface area contributed by atoms with Crippen LogP contribution in [0.3, 0.4) is 0 Å². The lowest BCUT2D eigenvalue weighted by atomic mass is 9.95. The Morgan fingerprint density at radius 2 is 1.70 bits per heavy atom. The molecule has 1 aromatic heterocycles. The zero-order chi connectivity index (χ0) is 21.3. The average Bonchev–Trinajstić information content (AvgIpc) is 2.72. The number of nitrogens with zero attached hydrogens (tertiary/aromatic N) is 3. The third kappa shape index (κ3) is 4.33. The molecule has 156 valence electrons. The van der Waals surface area contributed by atoms with Crippen molar-refractivity contribution >= 4 is 40.0 Å². The van der Waals surface area contributed by atoms with Crippen molar-refractivity contribution in [3.8, 4) is 0 Å². The van der Waals surface area contributed by atoms with Crippen LogP contribution in [0, 0.1) is 5.92 Å². The fourth-order valence-electron chi connectivity index (χ4n) is 3.57. The van der Waals surface area contributed by atoms with E-state index in [-0.39, 0.29) is 36.2 Å². The maximum absolute atomic E-state index is 13.6. The Morgan fingerprint density at radius 3 is 2.33 bits per heavy atom. The molecule has 0 radical (unpaired) electrons. The molecule has 5 nitrogen and oxygen atoms in total. The average molecular weight is 435 g/mol. The number of benzene rings is 2. The lowest BCUT2D eigenvalue weighted by Gasteiger charge is -2.33. The summed E-state index contributed by atoms with van der Waals surface area (Å²) in [5.41, 5.74) is 0.198. The van der Waals surface area contributed by atoms with Crippen LogP contribution in [0.4, 0.5) is 24.7 Å². The standard InChI is InChI=1S/C21H18ClF3N4O/c22-14-4-3-5-15(12-14)26-20(30)13-8-10-29(11-9-13)19-18(21(23,24)25)27-16-6-1-2-7-17(16)28-19/h1-7,12-13H,8-11H2,(H,26,30). The number of nitrogens with one attached hydrogen (secondary N) is 1. The molecule has 1 fully saturated rings. The van der Waals surface area contributed by atoms with Gasteiger partial charge in [0.05, 0.1) is 11.0 Å². The summed E-state index contributed by atoms with van der Waals surface area (Å²) in [5, 5.41) is 3.33. The quantitative estimate of drug-likeness (QED) is 0.618. The summed E-state index contributed by atoms with van der Waals surface area (Å²) in [6.07, 6.45) is -3.79. The minimum Gasteiger partial charge on any atom is -0.355 e. The van der Waals surface area contributed by atoms with Gasteiger partial charge < -0.3 is 10.2 Å². The van der Waals surface area contributed by atoms with Crippen LogP contribution in [0.5, 0.6) is 0 Å². The van der Waals surface area contributed by atoms with E-state index in [0.29, 0.717) is 29.1 Å². The Kier molecular flexibility index (Phi) is 5.51. The van der Waals surface area contributed by atoms with Gasteiger partial charge in [-0.2, -0.15) is 13.2 Å². The maximum Gasteiger partial charge on any atom is 0.437 e. The van der Waals surface area contributed by atoms with Gasteiger partial charge in [-0.15, -0.1) is 0 Å². The molecule has 1 aliphatic rings. The summed E-state index contributed by atoms with van der Waals surface area (Å²) in [6.45, 7) is 0.563. The molecule has 2 heterocycles. The molecule has 3 aromatic rings. The number of aromatic nitrogens is 2. The number of rotatable bonds is 3. The highest BCUT2D eigenvalue weighted by Gasteiger charge is 2.39. The predicted octanol–water partition coefficient (Wildman–Crippen LogP) is 5.16. The largest absolute Gasteiger partial charge is 0.437 e. The summed E-state index contributed by atoms with van der Waals surface area (Å²) in [7, 11) is 0. The number of anilines is 2. The summed E-state index contributed by atoms with van der Waals surface area (Å²) >= 11 is 5.93. The van der Waals surface area contributed by atoms with Crippen LogP contribution in [-0.2, 0) is 11.0 Å². The second-order valence-corrected chi connectivity index (χ2v) is 7.58. The van der Waals surface area contributed by atoms with Crippen molar-refractivity contribution in [1.82, 2.24) is 9.97 Å². The zero-order valence-electron chi connectivity index (χ0n) is 15.8. The number of alkyl halides is 3. The topological polar surface area (TPSA) is 58.1 Å². The summed E-state index contributed by atoms with van der Waals surface area (Å²) < 4.78 is 40.8. The van der Waals surface area contributed by atoms with Crippen LogP contribution < -0.4 is 10.2 Å². The van der Waals surface area contributed by atoms with E-state index >= 15 is 0 Å². The number of carbonyl (C=O) groups is 1. The Hall–Kier alpha value is -2.87. The van der Waals surface area contributed by atoms with Crippen LogP contribution in [0.2, 0.25) is 5.02 Å². The van der Waals surface area contributed by atoms with E-state index in [9.17, 15) is 18.0 Å². The first-order chi connectivity index (χ1) is 14.3. The van der Waals surface area contributed by atoms with E-state index in [1.54, 1.807) is 47.4 Å². The van der Waals surface area contributed by atoms with Crippen molar-refractivity contribution in [2.75, 3.05) is 23.3 Å². The van der Waals surface area contributed by atoms with Crippen LogP contribution >= 0.6 is 11.6 Å². The number of fused-ring (bicyclic) bond motifs is 1. The minimum absolute atomic E-state index is 0.169. The second-order valence-electron chi connectivity index (χ2n) is 7.14. The molecule has 0 unspecified atom stereocenters. The second kappa shape index (κ2) is 8.10. The highest BCUT2D eigenvalue weighted by Crippen LogP contribution is 2.36. The summed E-state index contributed by atoms with van der Waals surface area (Å²) in [4.78, 5) is 22.2. The molecule has 1 saturated heterocycles. The number of hydrogen-bond acceptors (Lipinski definition) is 4. The van der Waals surface area contributed by atoms with Gasteiger partial charge >= 0.3 is 6.18 Å². The van der Waals surface area contributed by atoms with E-state index in [1.165, 1.54) is 6.07 Å². The van der Waals surface area contributed by atoms with E-state index in [2.05, 4.69) is 15.3 Å². The number of halogens is 4. The fourth-order valence-corrected chi connectivity index (χ4v) is 3.76. The molecule has 1 aliphatic heterocycles. The molecule has 2 aromatic carbocycles. The van der Waals surface area contributed by atoms with Gasteiger partial charge in [-0.1, -0.05) is 29.8 Å². The lowest BCUT2D eigenvalue weighted by molar-refractivity contribution is -0.140. The highest BCUT2D eigenvalue weighted by atomic mass is 35.5. The van der Waals surface area contributed by atoms with E-state index in [4.69, 9.17) is 11.6 Å². The summed E-state index contributed by atoms with van der Waals surface area (Å²) in [6, 6.07) is 13.3. The molecule has 0 bridgehead atoms. The van der Waals surface area contributed by atoms with E-state index < -0.39 is 11.9 Å². The third-order valence-electron chi connectivity index (χ3n) is 5.08. The molecule has 1 amide bonds. The van der Waals surface area contributed by atoms with E-state index in [0.717, 1.165) is 0 Å². The molecule has 4 rings (SSSR count). The predicted molar refractivity (Wildman–Crippen MR) is 110 cm³/mol. The molecule has 0 atom stereocenters. The Bertz CT molecular complexity index is 1080. The molecular weight excluding hydrogens is 417 g/mol. The minimum atomic E-state index is -4.62. The van der Waals surface area contributed by atoms with Crippen LogP contribution in [0.25, 0.3) is 11.0 Å². The first-order valence-electron chi connectivity index (χ1n) is 9.46. The van der Waals surface area contributed by atoms with Gasteiger partial charge in [0.1, 0.15) is 0 Å². The number of hydrogen-bond donors (Lipinski definition) is 1. The van der Waals surface area contributed by atoms with Crippen LogP contribution in [-0.4, -0.2) is 29.0 Å². The highest BCUT2D eigenvalue weighted by molar-refractivity contribution is 6.30. The Balaban J connectivity index is 1.51. The van der Waals surface area contributed by atoms with Gasteiger partial charge in [0, 0.05) is 29.7 Å². The lowest BCUT2D eigenvalue weighted by Crippen LogP contribution is -2.39. The maximum atomic E-state index is 13.6. The van der Waals surface area contributed by atoms with Gasteiger partial charge in [0.2, 0.25) is 5.91 Å². The smallest absolute Gasteiger partial charge is 0.355 e. The van der Waals surface area contributed by atoms with Crippen LogP contribution in [0.1, 0.15) is 18.5 Å². The monoisotopic (exact) mass is 434 g/mol. The fraction of sp³-hybridized carbons (Fsp3) is 0.286. The molecule has 1 N–H and O–H groups in total. The van der Waals surface area contributed by atoms with Crippen molar-refractivity contribution < 1.29 is 18.0 Å². The van der Waals surface area contributed by atoms with Crippen molar-refractivity contribution in [2.45, 2.75) is 19.0 Å². The first-order valence-corrected chi connectivity index (χ1v) is 9.84. The number of carbonyl (C=O) groups excluding carboxylic acids is 1. The molecule has 0 spiro atoms. The SMILES string of the molecule is O=C(Nc1cccc(Cl)c1)C1CCN(c2nc3ccccc3nc2C(F)(F)F)CC1. The Labute approximate surface area is 175 Å². The van der Waals surface area contributed by atoms with Crippen LogP contribution in [0.15, 0.2) is 48.5 Å². The zero-order valence-corrected chi connectivity index (χ0v) is 16.5.